The maximum atomic E-state index is 12.8. The van der Waals surface area contributed by atoms with Crippen LogP contribution in [-0.4, -0.2) is 66.3 Å². The Labute approximate surface area is 634 Å². The topological polar surface area (TPSA) is 296 Å². The Morgan fingerprint density at radius 3 is 0.982 bits per heavy atom. The number of phenols is 1. The molecule has 1 amide bonds. The Kier molecular flexibility index (Phi) is 33.3. The van der Waals surface area contributed by atoms with E-state index >= 15 is 0 Å². The van der Waals surface area contributed by atoms with Crippen molar-refractivity contribution in [1.82, 2.24) is 15.3 Å². The standard InChI is InChI=1S/C22H22N2O3.C18H20O3.C14H12O3.C12H15FO2.C8H7FO2.C8H12N2O.C6H6O/c1-14-11-16(3)24-22(26)20(14)13-23-21(25)19-10-9-18(12-15(19)2)27-17-7-5-4-6-8-17;1-13-12-15(20-14-8-6-5-7-9-14)10-11-16(13)17(19)21-18(2,3)4;1-10-9-12(7-8-13(10)14(15)16)17-11-5-3-2-4-6-11;1-8-7-9(13)5-6-10(8)11(14)15-12(2,3)4;1-5-4-6(9)2-3-7(5)8(10)11;1-5-3-6(2)10-8(11)7(5)4-9;7-6-4-2-1-3-5-6/h4-12H,13H2,1-3H3,(H,23,25)(H,24,26);5-12H,1-4H3;2-9H,1H3,(H,15,16);5-7H,1-4H3;2-4H,1H3,(H,10,11);3H,4,9H2,1-2H3,(H,10,11);1-5,7H. The van der Waals surface area contributed by atoms with E-state index < -0.39 is 34.9 Å². The van der Waals surface area contributed by atoms with Gasteiger partial charge in [-0.1, -0.05) is 72.8 Å². The second kappa shape index (κ2) is 41.8. The van der Waals surface area contributed by atoms with Crippen molar-refractivity contribution in [2.45, 2.75) is 128 Å². The molecule has 8 N–H and O–H groups in total. The maximum absolute atomic E-state index is 12.8. The van der Waals surface area contributed by atoms with Crippen molar-refractivity contribution < 1.29 is 71.8 Å². The normalized spacial score (nSPS) is 10.4. The minimum Gasteiger partial charge on any atom is -0.508 e. The second-order valence-corrected chi connectivity index (χ2v) is 26.8. The lowest BCUT2D eigenvalue weighted by molar-refractivity contribution is 0.00560. The van der Waals surface area contributed by atoms with Crippen LogP contribution in [0.1, 0.15) is 155 Å². The van der Waals surface area contributed by atoms with E-state index in [4.69, 9.17) is 44.7 Å². The van der Waals surface area contributed by atoms with Crippen molar-refractivity contribution in [2.24, 2.45) is 5.73 Å². The van der Waals surface area contributed by atoms with Gasteiger partial charge in [0.05, 0.1) is 22.3 Å². The highest BCUT2D eigenvalue weighted by molar-refractivity contribution is 5.96. The lowest BCUT2D eigenvalue weighted by atomic mass is 10.1. The summed E-state index contributed by atoms with van der Waals surface area (Å²) in [6, 6.07) is 64.1. The van der Waals surface area contributed by atoms with E-state index in [1.807, 2.05) is 184 Å². The van der Waals surface area contributed by atoms with E-state index in [2.05, 4.69) is 15.3 Å². The molecule has 2 heterocycles. The number of H-pyrrole nitrogens is 2. The summed E-state index contributed by atoms with van der Waals surface area (Å²) in [5, 5.41) is 28.9. The number of halogens is 2. The molecule has 0 radical (unpaired) electrons. The molecule has 0 fully saturated rings. The number of rotatable bonds is 14. The van der Waals surface area contributed by atoms with E-state index in [-0.39, 0.29) is 40.9 Å². The highest BCUT2D eigenvalue weighted by Gasteiger charge is 2.22. The Balaban J connectivity index is 0.000000236. The summed E-state index contributed by atoms with van der Waals surface area (Å²) in [4.78, 5) is 86.2. The lowest BCUT2D eigenvalue weighted by Gasteiger charge is -2.20. The van der Waals surface area contributed by atoms with Crippen LogP contribution in [0.2, 0.25) is 0 Å². The quantitative estimate of drug-likeness (QED) is 0.0498. The van der Waals surface area contributed by atoms with Gasteiger partial charge in [0, 0.05) is 41.2 Å². The number of carbonyl (C=O) groups is 5. The number of amides is 1. The average Bonchev–Trinajstić information content (AvgIpc) is 0.857. The molecule has 570 valence electrons. The number of aromatic carboxylic acids is 2. The van der Waals surface area contributed by atoms with Crippen LogP contribution in [0.15, 0.2) is 234 Å². The van der Waals surface area contributed by atoms with Crippen molar-refractivity contribution in [2.75, 3.05) is 0 Å². The van der Waals surface area contributed by atoms with E-state index in [1.54, 1.807) is 108 Å². The Hall–Kier alpha value is -12.8. The zero-order valence-corrected chi connectivity index (χ0v) is 63.9. The molecule has 9 aromatic carbocycles. The molecule has 11 aromatic rings. The summed E-state index contributed by atoms with van der Waals surface area (Å²) >= 11 is 0. The number of carboxylic acid groups (broad SMARTS) is 2. The molecule has 2 aromatic heterocycles. The summed E-state index contributed by atoms with van der Waals surface area (Å²) in [6.07, 6.45) is 0. The van der Waals surface area contributed by atoms with Crippen LogP contribution >= 0.6 is 0 Å². The van der Waals surface area contributed by atoms with Crippen LogP contribution in [-0.2, 0) is 22.6 Å². The van der Waals surface area contributed by atoms with Crippen LogP contribution in [0, 0.1) is 73.9 Å². The third-order valence-corrected chi connectivity index (χ3v) is 15.2. The van der Waals surface area contributed by atoms with Gasteiger partial charge in [0.2, 0.25) is 0 Å². The van der Waals surface area contributed by atoms with Crippen molar-refractivity contribution in [3.63, 3.8) is 0 Å². The Morgan fingerprint density at radius 1 is 0.385 bits per heavy atom. The number of carboxylic acids is 2. The molecule has 0 aliphatic rings. The van der Waals surface area contributed by atoms with Crippen molar-refractivity contribution >= 4 is 29.8 Å². The van der Waals surface area contributed by atoms with Crippen LogP contribution in [0.3, 0.4) is 0 Å². The third-order valence-electron chi connectivity index (χ3n) is 15.2. The number of aromatic hydroxyl groups is 1. The second-order valence-electron chi connectivity index (χ2n) is 26.8. The number of benzene rings is 9. The maximum Gasteiger partial charge on any atom is 0.338 e. The predicted molar refractivity (Wildman–Crippen MR) is 420 cm³/mol. The fourth-order valence-electron chi connectivity index (χ4n) is 10.0. The van der Waals surface area contributed by atoms with Crippen LogP contribution in [0.4, 0.5) is 8.78 Å². The predicted octanol–water partition coefficient (Wildman–Crippen LogP) is 19.0. The van der Waals surface area contributed by atoms with Gasteiger partial charge in [0.15, 0.2) is 0 Å². The van der Waals surface area contributed by atoms with Crippen LogP contribution < -0.4 is 36.4 Å². The minimum atomic E-state index is -1.03. The van der Waals surface area contributed by atoms with Gasteiger partial charge in [-0.15, -0.1) is 0 Å². The van der Waals surface area contributed by atoms with Gasteiger partial charge in [0.1, 0.15) is 63.1 Å². The molecule has 0 aliphatic heterocycles. The molecule has 0 saturated heterocycles. The molecular formula is C88H94F2N4O15. The number of phenolic OH excluding ortho intramolecular Hbond substituents is 1. The Bertz CT molecular complexity index is 4980. The highest BCUT2D eigenvalue weighted by atomic mass is 19.1. The first kappa shape index (κ1) is 86.9. The largest absolute Gasteiger partial charge is 0.508 e. The van der Waals surface area contributed by atoms with Crippen LogP contribution in [0.5, 0.6) is 40.2 Å². The fourth-order valence-corrected chi connectivity index (χ4v) is 10.0. The molecule has 0 bridgehead atoms. The first-order valence-corrected chi connectivity index (χ1v) is 34.5. The molecule has 0 saturated carbocycles. The number of ether oxygens (including phenoxy) is 5. The van der Waals surface area contributed by atoms with Gasteiger partial charge in [-0.3, -0.25) is 14.4 Å². The number of nitrogens with one attached hydrogen (secondary N) is 3. The summed E-state index contributed by atoms with van der Waals surface area (Å²) < 4.78 is 52.9. The first-order valence-electron chi connectivity index (χ1n) is 34.5. The van der Waals surface area contributed by atoms with E-state index in [9.17, 15) is 42.3 Å². The number of hydrogen-bond acceptors (Lipinski definition) is 14. The number of carbonyl (C=O) groups excluding carboxylic acids is 3. The smallest absolute Gasteiger partial charge is 0.338 e. The molecule has 0 spiro atoms. The van der Waals surface area contributed by atoms with Crippen molar-refractivity contribution in [1.29, 1.82) is 0 Å². The summed E-state index contributed by atoms with van der Waals surface area (Å²) in [7, 11) is 0. The number of nitrogens with two attached hydrogens (primary N) is 1. The molecule has 0 unspecified atom stereocenters. The summed E-state index contributed by atoms with van der Waals surface area (Å²) in [5.41, 5.74) is 14.2. The van der Waals surface area contributed by atoms with Gasteiger partial charge >= 0.3 is 23.9 Å². The third kappa shape index (κ3) is 30.3. The van der Waals surface area contributed by atoms with Gasteiger partial charge in [-0.2, -0.15) is 0 Å². The van der Waals surface area contributed by atoms with E-state index in [0.717, 1.165) is 57.0 Å². The fraction of sp³-hybridized carbons (Fsp3) is 0.216. The van der Waals surface area contributed by atoms with Gasteiger partial charge in [-0.25, -0.2) is 28.0 Å². The number of aryl methyl sites for hydroxylation is 9. The van der Waals surface area contributed by atoms with E-state index in [0.29, 0.717) is 79.6 Å². The van der Waals surface area contributed by atoms with Gasteiger partial charge in [-0.05, 0) is 294 Å². The molecule has 0 aliphatic carbocycles. The molecule has 21 heteroatoms. The number of esters is 2. The molecule has 109 heavy (non-hydrogen) atoms. The highest BCUT2D eigenvalue weighted by Crippen LogP contribution is 2.28. The molecule has 0 atom stereocenters. The average molecular weight is 1490 g/mol. The Morgan fingerprint density at radius 2 is 0.688 bits per heavy atom. The zero-order valence-electron chi connectivity index (χ0n) is 63.9. The number of pyridine rings is 2. The number of aromatic nitrogens is 2. The number of para-hydroxylation sites is 4. The molecule has 19 nitrogen and oxygen atoms in total. The van der Waals surface area contributed by atoms with E-state index in [1.165, 1.54) is 30.3 Å². The summed E-state index contributed by atoms with van der Waals surface area (Å²) in [6.45, 7) is 27.6. The first-order chi connectivity index (χ1) is 51.4. The zero-order chi connectivity index (χ0) is 80.7. The van der Waals surface area contributed by atoms with Gasteiger partial charge in [0.25, 0.3) is 17.0 Å². The number of aromatic amines is 2. The lowest BCUT2D eigenvalue weighted by Crippen LogP contribution is -2.28. The van der Waals surface area contributed by atoms with Crippen molar-refractivity contribution in [3.05, 3.63) is 346 Å². The monoisotopic (exact) mass is 1480 g/mol. The minimum absolute atomic E-state index is 0.0648. The van der Waals surface area contributed by atoms with Crippen LogP contribution in [0.25, 0.3) is 0 Å². The van der Waals surface area contributed by atoms with Gasteiger partial charge < -0.3 is 60.0 Å². The summed E-state index contributed by atoms with van der Waals surface area (Å²) in [5.74, 6) is 0.904. The van der Waals surface area contributed by atoms with Crippen molar-refractivity contribution in [3.8, 4) is 40.2 Å². The SMILES string of the molecule is Cc1cc(C)c(CN)c(=O)[nH]1.Cc1cc(C)c(CNC(=O)c2ccc(Oc3ccccc3)cc2C)c(=O)[nH]1.Cc1cc(F)ccc1C(=O)O.Cc1cc(F)ccc1C(=O)OC(C)(C)C.Cc1cc(Oc2ccccc2)ccc1C(=O)O.Cc1cc(Oc2ccccc2)ccc1C(=O)OC(C)(C)C.Oc1ccccc1. The number of hydrogen-bond donors (Lipinski definition) is 7. The molecular weight excluding hydrogens is 1390 g/mol. The molecule has 11 rings (SSSR count).